The van der Waals surface area contributed by atoms with E-state index in [1.165, 1.54) is 0 Å². The van der Waals surface area contributed by atoms with Crippen molar-refractivity contribution in [3.05, 3.63) is 39.7 Å². The first-order chi connectivity index (χ1) is 6.02. The Morgan fingerprint density at radius 2 is 2.07 bits per heavy atom. The number of hydrogen-bond donors (Lipinski definition) is 1. The van der Waals surface area contributed by atoms with Gasteiger partial charge in [-0.05, 0) is 12.1 Å². The van der Waals surface area contributed by atoms with Crippen LogP contribution < -0.4 is 0 Å². The SMILES string of the molecule is Cl.O=C(O)c1ccc(F)cc1[N+](=O)[O-]. The van der Waals surface area contributed by atoms with Crippen LogP contribution in [-0.2, 0) is 0 Å². The summed E-state index contributed by atoms with van der Waals surface area (Å²) in [5.41, 5.74) is -1.26. The molecule has 0 aliphatic carbocycles. The predicted molar refractivity (Wildman–Crippen MR) is 47.3 cm³/mol. The summed E-state index contributed by atoms with van der Waals surface area (Å²) >= 11 is 0. The summed E-state index contributed by atoms with van der Waals surface area (Å²) in [7, 11) is 0. The number of nitro benzene ring substituents is 1. The topological polar surface area (TPSA) is 80.4 Å². The molecule has 0 heterocycles. The molecule has 1 rings (SSSR count). The van der Waals surface area contributed by atoms with Gasteiger partial charge in [-0.15, -0.1) is 12.4 Å². The van der Waals surface area contributed by atoms with Gasteiger partial charge in [0.05, 0.1) is 11.0 Å². The van der Waals surface area contributed by atoms with E-state index in [2.05, 4.69) is 0 Å². The van der Waals surface area contributed by atoms with Crippen molar-refractivity contribution in [1.82, 2.24) is 0 Å². The summed E-state index contributed by atoms with van der Waals surface area (Å²) < 4.78 is 12.5. The van der Waals surface area contributed by atoms with Crippen LogP contribution in [0, 0.1) is 15.9 Å². The van der Waals surface area contributed by atoms with Crippen LogP contribution in [0.4, 0.5) is 10.1 Å². The van der Waals surface area contributed by atoms with E-state index in [0.29, 0.717) is 6.07 Å². The second kappa shape index (κ2) is 4.52. The van der Waals surface area contributed by atoms with Gasteiger partial charge in [0.15, 0.2) is 0 Å². The Balaban J connectivity index is 0.00000169. The van der Waals surface area contributed by atoms with Crippen molar-refractivity contribution in [2.45, 2.75) is 0 Å². The maximum atomic E-state index is 12.5. The van der Waals surface area contributed by atoms with Crippen molar-refractivity contribution in [3.63, 3.8) is 0 Å². The second-order valence-electron chi connectivity index (χ2n) is 2.22. The Labute approximate surface area is 83.7 Å². The van der Waals surface area contributed by atoms with Crippen LogP contribution in [0.3, 0.4) is 0 Å². The van der Waals surface area contributed by atoms with E-state index in [1.54, 1.807) is 0 Å². The minimum Gasteiger partial charge on any atom is -0.477 e. The molecule has 0 spiro atoms. The third-order valence-corrected chi connectivity index (χ3v) is 1.39. The van der Waals surface area contributed by atoms with Crippen molar-refractivity contribution >= 4 is 24.1 Å². The molecule has 5 nitrogen and oxygen atoms in total. The number of aromatic carboxylic acids is 1. The Kier molecular flexibility index (Phi) is 3.97. The van der Waals surface area contributed by atoms with E-state index in [9.17, 15) is 19.3 Å². The van der Waals surface area contributed by atoms with Gasteiger partial charge in [0.25, 0.3) is 5.69 Å². The van der Waals surface area contributed by atoms with Gasteiger partial charge >= 0.3 is 5.97 Å². The Morgan fingerprint density at radius 1 is 1.50 bits per heavy atom. The van der Waals surface area contributed by atoms with Crippen LogP contribution in [0.1, 0.15) is 10.4 Å². The highest BCUT2D eigenvalue weighted by molar-refractivity contribution is 5.92. The monoisotopic (exact) mass is 221 g/mol. The molecule has 0 saturated heterocycles. The lowest BCUT2D eigenvalue weighted by Crippen LogP contribution is -2.02. The molecule has 0 bridgehead atoms. The first-order valence-corrected chi connectivity index (χ1v) is 3.19. The van der Waals surface area contributed by atoms with E-state index in [1.807, 2.05) is 0 Å². The minimum absolute atomic E-state index is 0. The molecule has 14 heavy (non-hydrogen) atoms. The van der Waals surface area contributed by atoms with E-state index in [0.717, 1.165) is 12.1 Å². The fourth-order valence-electron chi connectivity index (χ4n) is 0.837. The normalized spacial score (nSPS) is 8.93. The Hall–Kier alpha value is -1.69. The highest BCUT2D eigenvalue weighted by Gasteiger charge is 2.19. The summed E-state index contributed by atoms with van der Waals surface area (Å²) in [6.07, 6.45) is 0. The van der Waals surface area contributed by atoms with Gasteiger partial charge in [-0.2, -0.15) is 0 Å². The summed E-state index contributed by atoms with van der Waals surface area (Å²) in [5.74, 6) is -2.29. The summed E-state index contributed by atoms with van der Waals surface area (Å²) in [5, 5.41) is 18.7. The molecule has 0 unspecified atom stereocenters. The number of halogens is 2. The quantitative estimate of drug-likeness (QED) is 0.610. The fraction of sp³-hybridized carbons (Fsp3) is 0. The van der Waals surface area contributed by atoms with Crippen LogP contribution in [0.25, 0.3) is 0 Å². The first kappa shape index (κ1) is 12.3. The molecule has 1 N–H and O–H groups in total. The zero-order valence-electron chi connectivity index (χ0n) is 6.64. The molecule has 0 amide bonds. The van der Waals surface area contributed by atoms with Crippen LogP contribution in [-0.4, -0.2) is 16.0 Å². The van der Waals surface area contributed by atoms with Crippen molar-refractivity contribution < 1.29 is 19.2 Å². The number of carboxylic acids is 1. The van der Waals surface area contributed by atoms with Gasteiger partial charge in [0, 0.05) is 0 Å². The third kappa shape index (κ3) is 2.40. The summed E-state index contributed by atoms with van der Waals surface area (Å²) in [4.78, 5) is 19.7. The lowest BCUT2D eigenvalue weighted by Gasteiger charge is -1.96. The first-order valence-electron chi connectivity index (χ1n) is 3.19. The number of carbonyl (C=O) groups is 1. The van der Waals surface area contributed by atoms with E-state index >= 15 is 0 Å². The maximum absolute atomic E-state index is 12.5. The molecule has 1 aromatic carbocycles. The molecule has 0 radical (unpaired) electrons. The molecule has 76 valence electrons. The minimum atomic E-state index is -1.45. The summed E-state index contributed by atoms with van der Waals surface area (Å²) in [6.45, 7) is 0. The van der Waals surface area contributed by atoms with Gasteiger partial charge in [-0.25, -0.2) is 9.18 Å². The smallest absolute Gasteiger partial charge is 0.342 e. The molecule has 0 atom stereocenters. The standard InChI is InChI=1S/C7H4FNO4.ClH/c8-4-1-2-5(7(10)11)6(3-4)9(12)13;/h1-3H,(H,10,11);1H. The molecule has 0 aliphatic rings. The molecule has 0 fully saturated rings. The second-order valence-corrected chi connectivity index (χ2v) is 2.22. The number of benzene rings is 1. The predicted octanol–water partition coefficient (Wildman–Crippen LogP) is 1.85. The molecule has 7 heteroatoms. The zero-order valence-corrected chi connectivity index (χ0v) is 7.45. The van der Waals surface area contributed by atoms with Gasteiger partial charge in [0.1, 0.15) is 11.4 Å². The van der Waals surface area contributed by atoms with E-state index < -0.39 is 28.0 Å². The van der Waals surface area contributed by atoms with Gasteiger partial charge < -0.3 is 5.11 Å². The van der Waals surface area contributed by atoms with Crippen molar-refractivity contribution in [1.29, 1.82) is 0 Å². The van der Waals surface area contributed by atoms with Crippen LogP contribution in [0.2, 0.25) is 0 Å². The lowest BCUT2D eigenvalue weighted by atomic mass is 10.2. The van der Waals surface area contributed by atoms with Crippen molar-refractivity contribution in [2.75, 3.05) is 0 Å². The summed E-state index contributed by atoms with van der Waals surface area (Å²) in [6, 6.07) is 2.29. The largest absolute Gasteiger partial charge is 0.477 e. The van der Waals surface area contributed by atoms with E-state index in [4.69, 9.17) is 5.11 Å². The fourth-order valence-corrected chi connectivity index (χ4v) is 0.837. The molecule has 0 aliphatic heterocycles. The molecule has 0 saturated carbocycles. The van der Waals surface area contributed by atoms with Gasteiger partial charge in [-0.1, -0.05) is 0 Å². The highest BCUT2D eigenvalue weighted by Crippen LogP contribution is 2.19. The Bertz CT molecular complexity index is 382. The molecule has 0 aromatic heterocycles. The number of nitro groups is 1. The molecular formula is C7H5ClFNO4. The van der Waals surface area contributed by atoms with Crippen LogP contribution in [0.15, 0.2) is 18.2 Å². The lowest BCUT2D eigenvalue weighted by molar-refractivity contribution is -0.385. The third-order valence-electron chi connectivity index (χ3n) is 1.39. The Morgan fingerprint density at radius 3 is 2.50 bits per heavy atom. The van der Waals surface area contributed by atoms with Crippen molar-refractivity contribution in [2.24, 2.45) is 0 Å². The average Bonchev–Trinajstić information content (AvgIpc) is 2.03. The maximum Gasteiger partial charge on any atom is 0.342 e. The highest BCUT2D eigenvalue weighted by atomic mass is 35.5. The van der Waals surface area contributed by atoms with Crippen LogP contribution >= 0.6 is 12.4 Å². The van der Waals surface area contributed by atoms with Crippen molar-refractivity contribution in [3.8, 4) is 0 Å². The molecular weight excluding hydrogens is 217 g/mol. The van der Waals surface area contributed by atoms with Gasteiger partial charge in [0.2, 0.25) is 0 Å². The van der Waals surface area contributed by atoms with Gasteiger partial charge in [-0.3, -0.25) is 10.1 Å². The average molecular weight is 222 g/mol. The number of rotatable bonds is 2. The van der Waals surface area contributed by atoms with Crippen LogP contribution in [0.5, 0.6) is 0 Å². The molecule has 1 aromatic rings. The number of nitrogens with zero attached hydrogens (tertiary/aromatic N) is 1. The number of carboxylic acid groups (broad SMARTS) is 1. The zero-order chi connectivity index (χ0) is 10.0. The number of hydrogen-bond acceptors (Lipinski definition) is 3. The van der Waals surface area contributed by atoms with E-state index in [-0.39, 0.29) is 12.4 Å².